The highest BCUT2D eigenvalue weighted by atomic mass is 32.2. The van der Waals surface area contributed by atoms with Crippen molar-refractivity contribution in [1.82, 2.24) is 9.97 Å². The Kier molecular flexibility index (Phi) is 4.30. The van der Waals surface area contributed by atoms with E-state index in [1.807, 2.05) is 19.9 Å². The average molecular weight is 224 g/mol. The monoisotopic (exact) mass is 224 g/mol. The topological polar surface area (TPSA) is 52.1 Å². The first-order valence-corrected chi connectivity index (χ1v) is 5.23. The van der Waals surface area contributed by atoms with Gasteiger partial charge in [0.2, 0.25) is 0 Å². The van der Waals surface area contributed by atoms with Gasteiger partial charge in [0.15, 0.2) is 5.16 Å². The molecule has 15 heavy (non-hydrogen) atoms. The van der Waals surface area contributed by atoms with Gasteiger partial charge in [0.1, 0.15) is 0 Å². The van der Waals surface area contributed by atoms with Crippen LogP contribution in [-0.2, 0) is 9.53 Å². The van der Waals surface area contributed by atoms with E-state index >= 15 is 0 Å². The molecule has 5 heteroatoms. The van der Waals surface area contributed by atoms with E-state index < -0.39 is 0 Å². The molecule has 80 valence electrons. The number of carbonyl (C=O) groups excluding carboxylic acids is 1. The predicted molar refractivity (Wildman–Crippen MR) is 58.5 cm³/mol. The second-order valence-corrected chi connectivity index (χ2v) is 3.75. The summed E-state index contributed by atoms with van der Waals surface area (Å²) in [7, 11) is 1.34. The fourth-order valence-electron chi connectivity index (χ4n) is 0.965. The quantitative estimate of drug-likeness (QED) is 0.339. The molecule has 0 atom stereocenters. The minimum Gasteiger partial charge on any atom is -0.466 e. The Balaban J connectivity index is 2.65. The van der Waals surface area contributed by atoms with Gasteiger partial charge in [0, 0.05) is 17.5 Å². The summed E-state index contributed by atoms with van der Waals surface area (Å²) in [5.41, 5.74) is 1.83. The van der Waals surface area contributed by atoms with Crippen molar-refractivity contribution in [3.05, 3.63) is 28.9 Å². The van der Waals surface area contributed by atoms with Crippen molar-refractivity contribution in [3.8, 4) is 0 Å². The summed E-state index contributed by atoms with van der Waals surface area (Å²) < 4.78 is 4.46. The van der Waals surface area contributed by atoms with Crippen LogP contribution in [0, 0.1) is 13.8 Å². The van der Waals surface area contributed by atoms with E-state index in [1.165, 1.54) is 24.9 Å². The van der Waals surface area contributed by atoms with Gasteiger partial charge in [-0.3, -0.25) is 0 Å². The highest BCUT2D eigenvalue weighted by Crippen LogP contribution is 2.14. The summed E-state index contributed by atoms with van der Waals surface area (Å²) in [6.45, 7) is 3.81. The Bertz CT molecular complexity index is 371. The van der Waals surface area contributed by atoms with Crippen molar-refractivity contribution in [1.29, 1.82) is 0 Å². The van der Waals surface area contributed by atoms with Crippen LogP contribution >= 0.6 is 11.8 Å². The summed E-state index contributed by atoms with van der Waals surface area (Å²) in [5.74, 6) is -0.383. The van der Waals surface area contributed by atoms with Crippen molar-refractivity contribution < 1.29 is 9.53 Å². The molecule has 1 aromatic heterocycles. The SMILES string of the molecule is COC(=O)C=CSc1nc(C)cc(C)n1. The van der Waals surface area contributed by atoms with Gasteiger partial charge >= 0.3 is 5.97 Å². The molecule has 0 unspecified atom stereocenters. The molecule has 4 nitrogen and oxygen atoms in total. The van der Waals surface area contributed by atoms with Crippen molar-refractivity contribution in [2.45, 2.75) is 19.0 Å². The lowest BCUT2D eigenvalue weighted by atomic mass is 10.4. The number of hydrogen-bond acceptors (Lipinski definition) is 5. The number of aryl methyl sites for hydroxylation is 2. The van der Waals surface area contributed by atoms with Crippen LogP contribution in [0.25, 0.3) is 0 Å². The number of hydrogen-bond donors (Lipinski definition) is 0. The van der Waals surface area contributed by atoms with E-state index in [0.717, 1.165) is 11.4 Å². The van der Waals surface area contributed by atoms with Gasteiger partial charge in [-0.1, -0.05) is 11.8 Å². The highest BCUT2D eigenvalue weighted by molar-refractivity contribution is 8.02. The third-order valence-corrected chi connectivity index (χ3v) is 2.21. The van der Waals surface area contributed by atoms with Crippen molar-refractivity contribution in [2.75, 3.05) is 7.11 Å². The normalized spacial score (nSPS) is 10.6. The molecule has 0 aromatic carbocycles. The van der Waals surface area contributed by atoms with E-state index in [2.05, 4.69) is 14.7 Å². The van der Waals surface area contributed by atoms with Crippen LogP contribution < -0.4 is 0 Å². The zero-order chi connectivity index (χ0) is 11.3. The molecule has 1 heterocycles. The van der Waals surface area contributed by atoms with E-state index in [1.54, 1.807) is 5.41 Å². The molecule has 0 saturated heterocycles. The van der Waals surface area contributed by atoms with Gasteiger partial charge in [-0.15, -0.1) is 0 Å². The largest absolute Gasteiger partial charge is 0.466 e. The Labute approximate surface area is 92.8 Å². The Morgan fingerprint density at radius 2 is 2.00 bits per heavy atom. The fraction of sp³-hybridized carbons (Fsp3) is 0.300. The number of methoxy groups -OCH3 is 1. The average Bonchev–Trinajstić information content (AvgIpc) is 2.16. The molecule has 0 saturated carbocycles. The van der Waals surface area contributed by atoms with Crippen LogP contribution in [0.15, 0.2) is 22.7 Å². The predicted octanol–water partition coefficient (Wildman–Crippen LogP) is 1.87. The summed E-state index contributed by atoms with van der Waals surface area (Å²) >= 11 is 1.29. The van der Waals surface area contributed by atoms with Crippen LogP contribution in [0.3, 0.4) is 0 Å². The molecule has 0 amide bonds. The zero-order valence-electron chi connectivity index (χ0n) is 8.85. The minimum atomic E-state index is -0.383. The fourth-order valence-corrected chi connectivity index (χ4v) is 1.66. The summed E-state index contributed by atoms with van der Waals surface area (Å²) in [6, 6.07) is 1.90. The highest BCUT2D eigenvalue weighted by Gasteiger charge is 1.98. The smallest absolute Gasteiger partial charge is 0.330 e. The molecule has 1 aromatic rings. The second-order valence-electron chi connectivity index (χ2n) is 2.88. The Morgan fingerprint density at radius 1 is 1.40 bits per heavy atom. The molecular formula is C10H12N2O2S. The lowest BCUT2D eigenvalue weighted by Gasteiger charge is -1.98. The van der Waals surface area contributed by atoms with Gasteiger partial charge in [0.25, 0.3) is 0 Å². The van der Waals surface area contributed by atoms with Gasteiger partial charge in [0.05, 0.1) is 7.11 Å². The number of esters is 1. The van der Waals surface area contributed by atoms with Gasteiger partial charge < -0.3 is 4.74 Å². The Morgan fingerprint density at radius 3 is 2.53 bits per heavy atom. The van der Waals surface area contributed by atoms with Crippen LogP contribution in [0.2, 0.25) is 0 Å². The van der Waals surface area contributed by atoms with E-state index in [4.69, 9.17) is 0 Å². The van der Waals surface area contributed by atoms with Crippen LogP contribution in [0.1, 0.15) is 11.4 Å². The molecular weight excluding hydrogens is 212 g/mol. The lowest BCUT2D eigenvalue weighted by Crippen LogP contribution is -1.94. The summed E-state index contributed by atoms with van der Waals surface area (Å²) in [4.78, 5) is 19.2. The molecule has 0 fully saturated rings. The maximum atomic E-state index is 10.8. The molecule has 0 spiro atoms. The maximum absolute atomic E-state index is 10.8. The van der Waals surface area contributed by atoms with Gasteiger partial charge in [-0.25, -0.2) is 14.8 Å². The number of rotatable bonds is 3. The molecule has 1 rings (SSSR count). The lowest BCUT2D eigenvalue weighted by molar-refractivity contribution is -0.134. The standard InChI is InChI=1S/C10H12N2O2S/c1-7-6-8(2)12-10(11-7)15-5-4-9(13)14-3/h4-6H,1-3H3. The van der Waals surface area contributed by atoms with Crippen LogP contribution in [0.4, 0.5) is 0 Å². The first-order valence-electron chi connectivity index (χ1n) is 4.35. The third kappa shape index (κ3) is 4.12. The van der Waals surface area contributed by atoms with Gasteiger partial charge in [-0.05, 0) is 25.3 Å². The number of ether oxygens (including phenoxy) is 1. The molecule has 0 aliphatic carbocycles. The number of nitrogens with zero attached hydrogens (tertiary/aromatic N) is 2. The molecule has 0 N–H and O–H groups in total. The molecule has 0 bridgehead atoms. The number of thioether (sulfide) groups is 1. The molecule has 0 aliphatic heterocycles. The first-order chi connectivity index (χ1) is 7.11. The second kappa shape index (κ2) is 5.50. The van der Waals surface area contributed by atoms with Crippen molar-refractivity contribution in [3.63, 3.8) is 0 Å². The van der Waals surface area contributed by atoms with Crippen molar-refractivity contribution >= 4 is 17.7 Å². The summed E-state index contributed by atoms with van der Waals surface area (Å²) in [5, 5.41) is 2.24. The third-order valence-electron chi connectivity index (χ3n) is 1.54. The van der Waals surface area contributed by atoms with E-state index in [-0.39, 0.29) is 5.97 Å². The van der Waals surface area contributed by atoms with Gasteiger partial charge in [-0.2, -0.15) is 0 Å². The number of aromatic nitrogens is 2. The molecule has 0 aliphatic rings. The zero-order valence-corrected chi connectivity index (χ0v) is 9.67. The van der Waals surface area contributed by atoms with E-state index in [9.17, 15) is 4.79 Å². The Hall–Kier alpha value is -1.36. The minimum absolute atomic E-state index is 0.383. The van der Waals surface area contributed by atoms with Crippen LogP contribution in [0.5, 0.6) is 0 Å². The molecule has 0 radical (unpaired) electrons. The van der Waals surface area contributed by atoms with Crippen LogP contribution in [-0.4, -0.2) is 23.0 Å². The maximum Gasteiger partial charge on any atom is 0.330 e. The number of carbonyl (C=O) groups is 1. The van der Waals surface area contributed by atoms with E-state index in [0.29, 0.717) is 5.16 Å². The first kappa shape index (κ1) is 11.7. The van der Waals surface area contributed by atoms with Crippen molar-refractivity contribution in [2.24, 2.45) is 0 Å². The summed E-state index contributed by atoms with van der Waals surface area (Å²) in [6.07, 6.45) is 1.34.